The van der Waals surface area contributed by atoms with E-state index in [1.165, 1.54) is 11.3 Å². The Morgan fingerprint density at radius 2 is 1.93 bits per heavy atom. The first-order valence-corrected chi connectivity index (χ1v) is 12.1. The predicted octanol–water partition coefficient (Wildman–Crippen LogP) is 1.67. The fourth-order valence-electron chi connectivity index (χ4n) is 3.70. The van der Waals surface area contributed by atoms with Gasteiger partial charge in [-0.3, -0.25) is 9.69 Å². The molecule has 9 heteroatoms. The highest BCUT2D eigenvalue weighted by atomic mass is 32.2. The maximum atomic E-state index is 12.7. The number of ether oxygens (including phenoxy) is 1. The zero-order valence-electron chi connectivity index (χ0n) is 15.5. The van der Waals surface area contributed by atoms with Gasteiger partial charge in [-0.2, -0.15) is 0 Å². The van der Waals surface area contributed by atoms with E-state index in [9.17, 15) is 13.2 Å². The monoisotopic (exact) mass is 421 g/mol. The normalized spacial score (nSPS) is 22.3. The minimum absolute atomic E-state index is 0.00439. The van der Waals surface area contributed by atoms with Crippen molar-refractivity contribution in [2.45, 2.75) is 19.1 Å². The lowest BCUT2D eigenvalue weighted by Gasteiger charge is -2.37. The second-order valence-corrected chi connectivity index (χ2v) is 10.1. The molecule has 0 bridgehead atoms. The van der Waals surface area contributed by atoms with Crippen LogP contribution in [0.25, 0.3) is 0 Å². The van der Waals surface area contributed by atoms with Gasteiger partial charge in [-0.25, -0.2) is 13.4 Å². The Morgan fingerprint density at radius 3 is 2.54 bits per heavy atom. The lowest BCUT2D eigenvalue weighted by molar-refractivity contribution is 0.0588. The summed E-state index contributed by atoms with van der Waals surface area (Å²) in [6.45, 7) is 3.10. The lowest BCUT2D eigenvalue weighted by Crippen LogP contribution is -2.52. The Balaban J connectivity index is 1.29. The molecular formula is C19H23N3O4S2. The summed E-state index contributed by atoms with van der Waals surface area (Å²) < 4.78 is 29.0. The molecular weight excluding hydrogens is 398 g/mol. The highest BCUT2D eigenvalue weighted by Gasteiger charge is 2.34. The third-order valence-electron chi connectivity index (χ3n) is 5.30. The highest BCUT2D eigenvalue weighted by molar-refractivity contribution is 7.91. The third kappa shape index (κ3) is 4.53. The molecule has 0 spiro atoms. The van der Waals surface area contributed by atoms with Crippen molar-refractivity contribution in [2.75, 3.05) is 37.7 Å². The standard InChI is InChI=1S/C19H23N3O4S2/c23-19(15-1-3-18(4-2-15)26-11-16-12-27-14-20-16)22-8-6-21(7-9-22)17-5-10-28(24,25)13-17/h1-4,12,14,17H,5-11,13H2/t17-/m0/s1. The van der Waals surface area contributed by atoms with Crippen LogP contribution in [0.4, 0.5) is 0 Å². The smallest absolute Gasteiger partial charge is 0.253 e. The summed E-state index contributed by atoms with van der Waals surface area (Å²) in [4.78, 5) is 21.0. The summed E-state index contributed by atoms with van der Waals surface area (Å²) in [7, 11) is -2.88. The molecule has 2 aromatic rings. The first-order valence-electron chi connectivity index (χ1n) is 9.34. The average molecular weight is 422 g/mol. The van der Waals surface area contributed by atoms with Gasteiger partial charge in [0.05, 0.1) is 22.7 Å². The number of benzene rings is 1. The summed E-state index contributed by atoms with van der Waals surface area (Å²) in [5.41, 5.74) is 3.29. The number of carbonyl (C=O) groups is 1. The second-order valence-electron chi connectivity index (χ2n) is 7.18. The molecule has 1 amide bonds. The van der Waals surface area contributed by atoms with Crippen molar-refractivity contribution >= 4 is 27.1 Å². The third-order valence-corrected chi connectivity index (χ3v) is 7.68. The maximum absolute atomic E-state index is 12.7. The number of aromatic nitrogens is 1. The number of thiazole rings is 1. The van der Waals surface area contributed by atoms with Crippen LogP contribution in [0.5, 0.6) is 5.75 Å². The van der Waals surface area contributed by atoms with Crippen LogP contribution < -0.4 is 4.74 Å². The van der Waals surface area contributed by atoms with Gasteiger partial charge in [0, 0.05) is 43.2 Å². The van der Waals surface area contributed by atoms with Crippen molar-refractivity contribution in [3.63, 3.8) is 0 Å². The molecule has 0 saturated carbocycles. The number of rotatable bonds is 5. The zero-order valence-corrected chi connectivity index (χ0v) is 17.1. The van der Waals surface area contributed by atoms with Crippen LogP contribution in [-0.4, -0.2) is 72.8 Å². The van der Waals surface area contributed by atoms with Crippen LogP contribution in [0, 0.1) is 0 Å². The summed E-state index contributed by atoms with van der Waals surface area (Å²) in [6.07, 6.45) is 0.707. The Bertz CT molecular complexity index is 905. The van der Waals surface area contributed by atoms with E-state index in [2.05, 4.69) is 9.88 Å². The van der Waals surface area contributed by atoms with Crippen molar-refractivity contribution in [1.29, 1.82) is 0 Å². The molecule has 1 aromatic carbocycles. The van der Waals surface area contributed by atoms with Gasteiger partial charge >= 0.3 is 0 Å². The molecule has 1 aromatic heterocycles. The minimum atomic E-state index is -2.88. The molecule has 2 aliphatic heterocycles. The van der Waals surface area contributed by atoms with E-state index < -0.39 is 9.84 Å². The first-order chi connectivity index (χ1) is 13.5. The van der Waals surface area contributed by atoms with E-state index in [-0.39, 0.29) is 23.5 Å². The molecule has 28 heavy (non-hydrogen) atoms. The molecule has 0 unspecified atom stereocenters. The summed E-state index contributed by atoms with van der Waals surface area (Å²) in [5, 5.41) is 1.94. The second kappa shape index (κ2) is 8.18. The molecule has 3 heterocycles. The Kier molecular flexibility index (Phi) is 5.65. The molecule has 0 radical (unpaired) electrons. The van der Waals surface area contributed by atoms with Crippen molar-refractivity contribution in [1.82, 2.24) is 14.8 Å². The highest BCUT2D eigenvalue weighted by Crippen LogP contribution is 2.21. The maximum Gasteiger partial charge on any atom is 0.253 e. The molecule has 4 rings (SSSR count). The molecule has 7 nitrogen and oxygen atoms in total. The van der Waals surface area contributed by atoms with Gasteiger partial charge in [0.2, 0.25) is 0 Å². The molecule has 0 aliphatic carbocycles. The fourth-order valence-corrected chi connectivity index (χ4v) is 6.00. The lowest BCUT2D eigenvalue weighted by atomic mass is 10.1. The zero-order chi connectivity index (χ0) is 19.6. The quantitative estimate of drug-likeness (QED) is 0.731. The van der Waals surface area contributed by atoms with Crippen molar-refractivity contribution in [2.24, 2.45) is 0 Å². The van der Waals surface area contributed by atoms with Crippen molar-refractivity contribution in [3.05, 3.63) is 46.4 Å². The van der Waals surface area contributed by atoms with Gasteiger partial charge in [0.1, 0.15) is 12.4 Å². The van der Waals surface area contributed by atoms with E-state index in [1.807, 2.05) is 10.3 Å². The SMILES string of the molecule is O=C(c1ccc(OCc2cscn2)cc1)N1CCN([C@H]2CCS(=O)(=O)C2)CC1. The van der Waals surface area contributed by atoms with Crippen LogP contribution in [-0.2, 0) is 16.4 Å². The van der Waals surface area contributed by atoms with E-state index >= 15 is 0 Å². The molecule has 150 valence electrons. The van der Waals surface area contributed by atoms with E-state index in [0.717, 1.165) is 18.8 Å². The topological polar surface area (TPSA) is 79.8 Å². The molecule has 2 fully saturated rings. The Morgan fingerprint density at radius 1 is 1.18 bits per heavy atom. The number of sulfone groups is 1. The number of carbonyl (C=O) groups excluding carboxylic acids is 1. The van der Waals surface area contributed by atoms with Crippen LogP contribution in [0.15, 0.2) is 35.2 Å². The van der Waals surface area contributed by atoms with E-state index in [4.69, 9.17) is 4.74 Å². The van der Waals surface area contributed by atoms with Crippen LogP contribution in [0.3, 0.4) is 0 Å². The van der Waals surface area contributed by atoms with Crippen LogP contribution in [0.2, 0.25) is 0 Å². The van der Waals surface area contributed by atoms with Crippen LogP contribution >= 0.6 is 11.3 Å². The number of hydrogen-bond donors (Lipinski definition) is 0. The van der Waals surface area contributed by atoms with Gasteiger partial charge in [-0.1, -0.05) is 0 Å². The average Bonchev–Trinajstić information content (AvgIpc) is 3.36. The van der Waals surface area contributed by atoms with Gasteiger partial charge in [-0.05, 0) is 30.7 Å². The number of amides is 1. The van der Waals surface area contributed by atoms with Gasteiger partial charge in [0.15, 0.2) is 9.84 Å². The van der Waals surface area contributed by atoms with Gasteiger partial charge < -0.3 is 9.64 Å². The minimum Gasteiger partial charge on any atom is -0.487 e. The van der Waals surface area contributed by atoms with Gasteiger partial charge in [0.25, 0.3) is 5.91 Å². The summed E-state index contributed by atoms with van der Waals surface area (Å²) >= 11 is 1.53. The van der Waals surface area contributed by atoms with Crippen molar-refractivity contribution in [3.8, 4) is 5.75 Å². The first kappa shape index (κ1) is 19.4. The van der Waals surface area contributed by atoms with Crippen molar-refractivity contribution < 1.29 is 17.9 Å². The van der Waals surface area contributed by atoms with Gasteiger partial charge in [-0.15, -0.1) is 11.3 Å². The number of nitrogens with zero attached hydrogens (tertiary/aromatic N) is 3. The molecule has 2 saturated heterocycles. The summed E-state index contributed by atoms with van der Waals surface area (Å²) in [6, 6.07) is 7.29. The van der Waals surface area contributed by atoms with E-state index in [1.54, 1.807) is 29.8 Å². The van der Waals surface area contributed by atoms with E-state index in [0.29, 0.717) is 37.4 Å². The fraction of sp³-hybridized carbons (Fsp3) is 0.474. The Hall–Kier alpha value is -1.97. The molecule has 0 N–H and O–H groups in total. The van der Waals surface area contributed by atoms with Crippen LogP contribution in [0.1, 0.15) is 22.5 Å². The summed E-state index contributed by atoms with van der Waals surface area (Å²) in [5.74, 6) is 1.25. The molecule has 1 atom stereocenters. The molecule has 2 aliphatic rings. The number of piperazine rings is 1. The predicted molar refractivity (Wildman–Crippen MR) is 107 cm³/mol. The largest absolute Gasteiger partial charge is 0.487 e. The number of hydrogen-bond acceptors (Lipinski definition) is 7. The Labute approximate surface area is 168 Å².